The molecular formula is C13H17N3S. The average Bonchev–Trinajstić information content (AvgIpc) is 2.83. The van der Waals surface area contributed by atoms with Crippen molar-refractivity contribution in [1.29, 1.82) is 0 Å². The van der Waals surface area contributed by atoms with Crippen LogP contribution >= 0.6 is 11.3 Å². The third-order valence-electron chi connectivity index (χ3n) is 2.79. The van der Waals surface area contributed by atoms with Crippen LogP contribution in [0.1, 0.15) is 30.8 Å². The van der Waals surface area contributed by atoms with E-state index in [1.165, 1.54) is 4.88 Å². The Balaban J connectivity index is 2.42. The summed E-state index contributed by atoms with van der Waals surface area (Å²) in [5, 5.41) is 2.06. The Labute approximate surface area is 106 Å². The molecule has 2 aromatic heterocycles. The van der Waals surface area contributed by atoms with Crippen LogP contribution in [0.15, 0.2) is 23.6 Å². The van der Waals surface area contributed by atoms with E-state index in [-0.39, 0.29) is 5.92 Å². The van der Waals surface area contributed by atoms with Gasteiger partial charge in [0.2, 0.25) is 0 Å². The van der Waals surface area contributed by atoms with Crippen LogP contribution in [0.3, 0.4) is 0 Å². The van der Waals surface area contributed by atoms with Gasteiger partial charge in [0.1, 0.15) is 5.82 Å². The van der Waals surface area contributed by atoms with Crippen LogP contribution in [-0.2, 0) is 0 Å². The second kappa shape index (κ2) is 5.38. The number of thiophene rings is 1. The molecule has 0 fully saturated rings. The summed E-state index contributed by atoms with van der Waals surface area (Å²) in [5.74, 6) is 1.13. The molecule has 2 heterocycles. The van der Waals surface area contributed by atoms with Crippen LogP contribution < -0.4 is 5.73 Å². The summed E-state index contributed by atoms with van der Waals surface area (Å²) < 4.78 is 0. The highest BCUT2D eigenvalue weighted by molar-refractivity contribution is 7.13. The van der Waals surface area contributed by atoms with Crippen LogP contribution in [0.5, 0.6) is 0 Å². The first-order valence-corrected chi connectivity index (χ1v) is 6.72. The van der Waals surface area contributed by atoms with Gasteiger partial charge in [0.15, 0.2) is 0 Å². The normalized spacial score (nSPS) is 12.6. The summed E-state index contributed by atoms with van der Waals surface area (Å²) in [6.07, 6.45) is 0.976. The van der Waals surface area contributed by atoms with E-state index in [1.807, 2.05) is 19.1 Å². The highest BCUT2D eigenvalue weighted by Gasteiger charge is 2.13. The third kappa shape index (κ3) is 2.70. The molecular weight excluding hydrogens is 230 g/mol. The van der Waals surface area contributed by atoms with Crippen LogP contribution in [-0.4, -0.2) is 16.5 Å². The summed E-state index contributed by atoms with van der Waals surface area (Å²) in [7, 11) is 0. The predicted molar refractivity (Wildman–Crippen MR) is 72.2 cm³/mol. The van der Waals surface area contributed by atoms with Gasteiger partial charge in [-0.1, -0.05) is 13.0 Å². The number of aryl methyl sites for hydroxylation is 1. The van der Waals surface area contributed by atoms with Crippen molar-refractivity contribution in [3.63, 3.8) is 0 Å². The molecule has 1 atom stereocenters. The second-order valence-electron chi connectivity index (χ2n) is 4.07. The van der Waals surface area contributed by atoms with E-state index >= 15 is 0 Å². The van der Waals surface area contributed by atoms with E-state index in [2.05, 4.69) is 28.3 Å². The van der Waals surface area contributed by atoms with E-state index in [0.717, 1.165) is 23.6 Å². The number of hydrogen-bond acceptors (Lipinski definition) is 4. The summed E-state index contributed by atoms with van der Waals surface area (Å²) in [4.78, 5) is 10.3. The SMILES string of the molecule is CCC(CN)c1nc(C)cc(-c2cccs2)n1. The zero-order chi connectivity index (χ0) is 12.3. The summed E-state index contributed by atoms with van der Waals surface area (Å²) in [6, 6.07) is 6.15. The Hall–Kier alpha value is -1.26. The minimum Gasteiger partial charge on any atom is -0.330 e. The Morgan fingerprint density at radius 3 is 2.82 bits per heavy atom. The molecule has 0 bridgehead atoms. The minimum absolute atomic E-state index is 0.258. The lowest BCUT2D eigenvalue weighted by Crippen LogP contribution is -2.15. The Morgan fingerprint density at radius 2 is 2.24 bits per heavy atom. The lowest BCUT2D eigenvalue weighted by molar-refractivity contribution is 0.629. The van der Waals surface area contributed by atoms with Gasteiger partial charge < -0.3 is 5.73 Å². The molecule has 0 aliphatic carbocycles. The fraction of sp³-hybridized carbons (Fsp3) is 0.385. The molecule has 17 heavy (non-hydrogen) atoms. The molecule has 0 saturated heterocycles. The molecule has 1 unspecified atom stereocenters. The molecule has 2 aromatic rings. The van der Waals surface area contributed by atoms with Gasteiger partial charge >= 0.3 is 0 Å². The molecule has 0 aromatic carbocycles. The molecule has 4 heteroatoms. The highest BCUT2D eigenvalue weighted by atomic mass is 32.1. The molecule has 0 aliphatic rings. The van der Waals surface area contributed by atoms with E-state index in [9.17, 15) is 0 Å². The average molecular weight is 247 g/mol. The van der Waals surface area contributed by atoms with Crippen molar-refractivity contribution in [1.82, 2.24) is 9.97 Å². The van der Waals surface area contributed by atoms with Gasteiger partial charge in [-0.15, -0.1) is 11.3 Å². The maximum Gasteiger partial charge on any atom is 0.133 e. The second-order valence-corrected chi connectivity index (χ2v) is 5.02. The molecule has 0 saturated carbocycles. The molecule has 2 N–H and O–H groups in total. The third-order valence-corrected chi connectivity index (χ3v) is 3.68. The fourth-order valence-electron chi connectivity index (χ4n) is 1.78. The maximum atomic E-state index is 5.76. The van der Waals surface area contributed by atoms with Crippen molar-refractivity contribution >= 4 is 11.3 Å². The van der Waals surface area contributed by atoms with Crippen molar-refractivity contribution < 1.29 is 0 Å². The number of rotatable bonds is 4. The monoisotopic (exact) mass is 247 g/mol. The Kier molecular flexibility index (Phi) is 3.86. The molecule has 3 nitrogen and oxygen atoms in total. The van der Waals surface area contributed by atoms with Crippen molar-refractivity contribution in [3.05, 3.63) is 35.1 Å². The van der Waals surface area contributed by atoms with Crippen LogP contribution in [0, 0.1) is 6.92 Å². The molecule has 0 aliphatic heterocycles. The van der Waals surface area contributed by atoms with E-state index in [0.29, 0.717) is 6.54 Å². The van der Waals surface area contributed by atoms with E-state index in [1.54, 1.807) is 11.3 Å². The molecule has 0 amide bonds. The summed E-state index contributed by atoms with van der Waals surface area (Å²) in [5.41, 5.74) is 7.77. The van der Waals surface area contributed by atoms with Gasteiger partial charge in [-0.2, -0.15) is 0 Å². The van der Waals surface area contributed by atoms with Crippen molar-refractivity contribution in [3.8, 4) is 10.6 Å². The van der Waals surface area contributed by atoms with Crippen molar-refractivity contribution in [2.24, 2.45) is 5.73 Å². The first-order valence-electron chi connectivity index (χ1n) is 5.84. The zero-order valence-corrected chi connectivity index (χ0v) is 11.0. The number of hydrogen-bond donors (Lipinski definition) is 1. The number of aromatic nitrogens is 2. The van der Waals surface area contributed by atoms with E-state index in [4.69, 9.17) is 5.73 Å². The zero-order valence-electron chi connectivity index (χ0n) is 10.2. The van der Waals surface area contributed by atoms with Gasteiger partial charge in [0.05, 0.1) is 10.6 Å². The standard InChI is InChI=1S/C13H17N3S/c1-3-10(8-14)13-15-9(2)7-11(16-13)12-5-4-6-17-12/h4-7,10H,3,8,14H2,1-2H3. The van der Waals surface area contributed by atoms with Crippen molar-refractivity contribution in [2.75, 3.05) is 6.54 Å². The van der Waals surface area contributed by atoms with Gasteiger partial charge in [0.25, 0.3) is 0 Å². The predicted octanol–water partition coefficient (Wildman–Crippen LogP) is 2.97. The molecule has 0 spiro atoms. The summed E-state index contributed by atoms with van der Waals surface area (Å²) in [6.45, 7) is 4.73. The molecule has 90 valence electrons. The fourth-order valence-corrected chi connectivity index (χ4v) is 2.47. The molecule has 2 rings (SSSR count). The lowest BCUT2D eigenvalue weighted by atomic mass is 10.1. The first kappa shape index (κ1) is 12.2. The van der Waals surface area contributed by atoms with Gasteiger partial charge in [-0.3, -0.25) is 0 Å². The summed E-state index contributed by atoms with van der Waals surface area (Å²) >= 11 is 1.70. The van der Waals surface area contributed by atoms with Crippen molar-refractivity contribution in [2.45, 2.75) is 26.2 Å². The first-order chi connectivity index (χ1) is 8.24. The van der Waals surface area contributed by atoms with Gasteiger partial charge in [-0.25, -0.2) is 9.97 Å². The number of nitrogens with two attached hydrogens (primary N) is 1. The van der Waals surface area contributed by atoms with Crippen LogP contribution in [0.25, 0.3) is 10.6 Å². The minimum atomic E-state index is 0.258. The van der Waals surface area contributed by atoms with Gasteiger partial charge in [-0.05, 0) is 30.9 Å². The smallest absolute Gasteiger partial charge is 0.133 e. The largest absolute Gasteiger partial charge is 0.330 e. The van der Waals surface area contributed by atoms with Crippen LogP contribution in [0.4, 0.5) is 0 Å². The lowest BCUT2D eigenvalue weighted by Gasteiger charge is -2.12. The van der Waals surface area contributed by atoms with Gasteiger partial charge in [0, 0.05) is 18.2 Å². The van der Waals surface area contributed by atoms with Crippen LogP contribution in [0.2, 0.25) is 0 Å². The Bertz CT molecular complexity index is 475. The maximum absolute atomic E-state index is 5.76. The molecule has 0 radical (unpaired) electrons. The number of nitrogens with zero attached hydrogens (tertiary/aromatic N) is 2. The quantitative estimate of drug-likeness (QED) is 0.903. The van der Waals surface area contributed by atoms with E-state index < -0.39 is 0 Å². The highest BCUT2D eigenvalue weighted by Crippen LogP contribution is 2.25. The topological polar surface area (TPSA) is 51.8 Å². The Morgan fingerprint density at radius 1 is 1.41 bits per heavy atom.